The number of rotatable bonds is 5. The highest BCUT2D eigenvalue weighted by Crippen LogP contribution is 2.17. The van der Waals surface area contributed by atoms with Crippen LogP contribution in [0.25, 0.3) is 0 Å². The Morgan fingerprint density at radius 2 is 2.24 bits per heavy atom. The summed E-state index contributed by atoms with van der Waals surface area (Å²) in [5.41, 5.74) is 0.692. The smallest absolute Gasteiger partial charge is 0.272 e. The number of hydrogen-bond donors (Lipinski definition) is 2. The fourth-order valence-corrected chi connectivity index (χ4v) is 2.07. The second-order valence-corrected chi connectivity index (χ2v) is 4.49. The van der Waals surface area contributed by atoms with E-state index in [4.69, 9.17) is 4.74 Å². The van der Waals surface area contributed by atoms with Gasteiger partial charge in [-0.1, -0.05) is 18.2 Å². The van der Waals surface area contributed by atoms with Crippen molar-refractivity contribution in [1.82, 2.24) is 10.6 Å². The van der Waals surface area contributed by atoms with Crippen LogP contribution < -0.4 is 10.6 Å². The summed E-state index contributed by atoms with van der Waals surface area (Å²) >= 11 is 0. The topological polar surface area (TPSA) is 93.5 Å². The van der Waals surface area contributed by atoms with Crippen LogP contribution in [0.15, 0.2) is 24.3 Å². The molecule has 0 aliphatic carbocycles. The number of nitrogens with zero attached hydrogens (tertiary/aromatic N) is 1. The van der Waals surface area contributed by atoms with Crippen LogP contribution in [-0.4, -0.2) is 43.2 Å². The molecule has 0 radical (unpaired) electrons. The van der Waals surface area contributed by atoms with Gasteiger partial charge in [0.25, 0.3) is 5.69 Å². The number of nitro benzene ring substituents is 1. The van der Waals surface area contributed by atoms with Crippen LogP contribution in [0, 0.1) is 10.1 Å². The normalized spacial score (nSPS) is 17.6. The first-order valence-corrected chi connectivity index (χ1v) is 6.51. The average Bonchev–Trinajstić information content (AvgIpc) is 2.48. The molecule has 1 heterocycles. The molecule has 1 aromatic rings. The zero-order chi connectivity index (χ0) is 14.4. The van der Waals surface area contributed by atoms with Crippen molar-refractivity contribution in [2.24, 2.45) is 0 Å². The summed E-state index contributed by atoms with van der Waals surface area (Å²) in [4.78, 5) is 22.2. The van der Waals surface area contributed by atoms with Gasteiger partial charge in [-0.25, -0.2) is 0 Å². The number of carbonyl (C=O) groups excluding carboxylic acids is 1. The standard InChI is InChI=1S/C13H17N3O4.ClH/c17-13(12-9-14-7-8-20-12)15-6-5-10-3-1-2-4-11(10)16(18)19;/h1-4,12,14H,5-9H2,(H,15,17);1H. The monoisotopic (exact) mass is 315 g/mol. The number of nitro groups is 1. The van der Waals surface area contributed by atoms with Crippen molar-refractivity contribution < 1.29 is 14.5 Å². The lowest BCUT2D eigenvalue weighted by Crippen LogP contribution is -2.48. The number of benzene rings is 1. The maximum absolute atomic E-state index is 11.8. The maximum Gasteiger partial charge on any atom is 0.272 e. The summed E-state index contributed by atoms with van der Waals surface area (Å²) in [5, 5.41) is 16.7. The molecule has 1 amide bonds. The van der Waals surface area contributed by atoms with E-state index in [1.54, 1.807) is 18.2 Å². The Labute approximate surface area is 128 Å². The van der Waals surface area contributed by atoms with E-state index in [2.05, 4.69) is 10.6 Å². The van der Waals surface area contributed by atoms with Crippen molar-refractivity contribution in [2.45, 2.75) is 12.5 Å². The van der Waals surface area contributed by atoms with Crippen LogP contribution in [0.3, 0.4) is 0 Å². The maximum atomic E-state index is 11.8. The number of ether oxygens (including phenoxy) is 1. The molecule has 116 valence electrons. The highest BCUT2D eigenvalue weighted by Gasteiger charge is 2.21. The molecule has 1 atom stereocenters. The van der Waals surface area contributed by atoms with E-state index in [0.717, 1.165) is 6.54 Å². The van der Waals surface area contributed by atoms with Crippen molar-refractivity contribution in [3.63, 3.8) is 0 Å². The Bertz CT molecular complexity index is 492. The van der Waals surface area contributed by atoms with E-state index in [9.17, 15) is 14.9 Å². The van der Waals surface area contributed by atoms with Crippen molar-refractivity contribution in [2.75, 3.05) is 26.2 Å². The van der Waals surface area contributed by atoms with Gasteiger partial charge in [-0.3, -0.25) is 14.9 Å². The molecular weight excluding hydrogens is 298 g/mol. The molecular formula is C13H18ClN3O4. The van der Waals surface area contributed by atoms with Gasteiger partial charge < -0.3 is 15.4 Å². The Hall–Kier alpha value is -1.70. The molecule has 1 unspecified atom stereocenters. The first kappa shape index (κ1) is 17.4. The van der Waals surface area contributed by atoms with Crippen molar-refractivity contribution in [1.29, 1.82) is 0 Å². The van der Waals surface area contributed by atoms with Gasteiger partial charge >= 0.3 is 0 Å². The largest absolute Gasteiger partial charge is 0.366 e. The Morgan fingerprint density at radius 1 is 1.48 bits per heavy atom. The molecule has 2 rings (SSSR count). The van der Waals surface area contributed by atoms with Gasteiger partial charge in [-0.2, -0.15) is 0 Å². The van der Waals surface area contributed by atoms with Crippen molar-refractivity contribution in [3.05, 3.63) is 39.9 Å². The third kappa shape index (κ3) is 4.96. The van der Waals surface area contributed by atoms with Gasteiger partial charge in [-0.15, -0.1) is 12.4 Å². The quantitative estimate of drug-likeness (QED) is 0.615. The first-order chi connectivity index (χ1) is 9.68. The van der Waals surface area contributed by atoms with Crippen molar-refractivity contribution in [3.8, 4) is 0 Å². The lowest BCUT2D eigenvalue weighted by molar-refractivity contribution is -0.385. The minimum Gasteiger partial charge on any atom is -0.366 e. The minimum atomic E-state index is -0.477. The van der Waals surface area contributed by atoms with Gasteiger partial charge in [0.1, 0.15) is 6.10 Å². The van der Waals surface area contributed by atoms with Crippen LogP contribution in [0.1, 0.15) is 5.56 Å². The first-order valence-electron chi connectivity index (χ1n) is 6.51. The lowest BCUT2D eigenvalue weighted by atomic mass is 10.1. The third-order valence-electron chi connectivity index (χ3n) is 3.10. The second-order valence-electron chi connectivity index (χ2n) is 4.49. The van der Waals surface area contributed by atoms with Gasteiger partial charge in [-0.05, 0) is 6.42 Å². The molecule has 1 fully saturated rings. The Morgan fingerprint density at radius 3 is 2.90 bits per heavy atom. The van der Waals surface area contributed by atoms with Crippen LogP contribution >= 0.6 is 12.4 Å². The Kier molecular flexibility index (Phi) is 7.07. The van der Waals surface area contributed by atoms with E-state index in [1.165, 1.54) is 6.07 Å². The predicted octanol–water partition coefficient (Wildman–Crippen LogP) is 0.664. The molecule has 2 N–H and O–H groups in total. The summed E-state index contributed by atoms with van der Waals surface area (Å²) < 4.78 is 5.32. The number of hydrogen-bond acceptors (Lipinski definition) is 5. The van der Waals surface area contributed by atoms with Gasteiger partial charge in [0.15, 0.2) is 0 Å². The fraction of sp³-hybridized carbons (Fsp3) is 0.462. The Balaban J connectivity index is 0.00000220. The molecule has 8 heteroatoms. The highest BCUT2D eigenvalue weighted by atomic mass is 35.5. The van der Waals surface area contributed by atoms with E-state index in [1.807, 2.05) is 0 Å². The minimum absolute atomic E-state index is 0. The highest BCUT2D eigenvalue weighted by molar-refractivity contribution is 5.85. The molecule has 1 aliphatic rings. The zero-order valence-electron chi connectivity index (χ0n) is 11.4. The summed E-state index contributed by atoms with van der Waals surface area (Å²) in [5.74, 6) is -0.184. The summed E-state index contributed by atoms with van der Waals surface area (Å²) in [6.07, 6.45) is -0.0576. The second kappa shape index (κ2) is 8.56. The molecule has 1 saturated heterocycles. The fourth-order valence-electron chi connectivity index (χ4n) is 2.07. The molecule has 1 aromatic carbocycles. The van der Waals surface area contributed by atoms with Crippen molar-refractivity contribution >= 4 is 24.0 Å². The SMILES string of the molecule is Cl.O=C(NCCc1ccccc1[N+](=O)[O-])C1CNCCO1. The van der Waals surface area contributed by atoms with Gasteiger partial charge in [0.2, 0.25) is 5.91 Å². The van der Waals surface area contributed by atoms with Crippen LogP contribution in [0.5, 0.6) is 0 Å². The number of morpholine rings is 1. The zero-order valence-corrected chi connectivity index (χ0v) is 12.2. The van der Waals surface area contributed by atoms with E-state index < -0.39 is 11.0 Å². The number of halogens is 1. The molecule has 7 nitrogen and oxygen atoms in total. The summed E-state index contributed by atoms with van der Waals surface area (Å²) in [6, 6.07) is 6.54. The molecule has 0 saturated carbocycles. The van der Waals surface area contributed by atoms with Gasteiger partial charge in [0, 0.05) is 31.3 Å². The summed E-state index contributed by atoms with van der Waals surface area (Å²) in [7, 11) is 0. The molecule has 1 aliphatic heterocycles. The molecule has 21 heavy (non-hydrogen) atoms. The predicted molar refractivity (Wildman–Crippen MR) is 79.7 cm³/mol. The molecule has 0 aromatic heterocycles. The molecule has 0 bridgehead atoms. The van der Waals surface area contributed by atoms with Crippen LogP contribution in [0.2, 0.25) is 0 Å². The van der Waals surface area contributed by atoms with Crippen LogP contribution in [-0.2, 0) is 16.0 Å². The molecule has 0 spiro atoms. The third-order valence-corrected chi connectivity index (χ3v) is 3.10. The number of amides is 1. The number of para-hydroxylation sites is 1. The van der Waals surface area contributed by atoms with E-state index >= 15 is 0 Å². The average molecular weight is 316 g/mol. The van der Waals surface area contributed by atoms with Gasteiger partial charge in [0.05, 0.1) is 11.5 Å². The van der Waals surface area contributed by atoms with E-state index in [-0.39, 0.29) is 24.0 Å². The number of nitrogens with one attached hydrogen (secondary N) is 2. The van der Waals surface area contributed by atoms with E-state index in [0.29, 0.717) is 31.7 Å². The number of carbonyl (C=O) groups is 1. The summed E-state index contributed by atoms with van der Waals surface area (Å²) in [6.45, 7) is 2.11. The van der Waals surface area contributed by atoms with Crippen LogP contribution in [0.4, 0.5) is 5.69 Å². The lowest BCUT2D eigenvalue weighted by Gasteiger charge is -2.22.